The van der Waals surface area contributed by atoms with Gasteiger partial charge in [0.05, 0.1) is 11.9 Å². The van der Waals surface area contributed by atoms with Crippen molar-refractivity contribution in [2.45, 2.75) is 13.0 Å². The van der Waals surface area contributed by atoms with E-state index in [0.29, 0.717) is 17.2 Å². The highest BCUT2D eigenvalue weighted by Crippen LogP contribution is 2.22. The Morgan fingerprint density at radius 1 is 1.30 bits per heavy atom. The Bertz CT molecular complexity index is 775. The van der Waals surface area contributed by atoms with E-state index in [1.165, 1.54) is 22.9 Å². The van der Waals surface area contributed by atoms with E-state index in [1.807, 2.05) is 0 Å². The number of hydrogen-bond acceptors (Lipinski definition) is 5. The van der Waals surface area contributed by atoms with Crippen molar-refractivity contribution in [2.24, 2.45) is 7.05 Å². The Kier molecular flexibility index (Phi) is 4.12. The highest BCUT2D eigenvalue weighted by Gasteiger charge is 2.25. The van der Waals surface area contributed by atoms with Crippen LogP contribution < -0.4 is 10.5 Å². The standard InChI is InChI=1S/C16H20FN5O/c1-11-10-20(2)6-7-22(11)16-19-14(8-15(23)21(16)3)12-4-5-18-9-13(12)17/h4-5,8-9,11H,6-7,10H2,1-3H3/t11-/m1/s1. The quantitative estimate of drug-likeness (QED) is 0.831. The number of hydrogen-bond donors (Lipinski definition) is 0. The summed E-state index contributed by atoms with van der Waals surface area (Å²) in [5.74, 6) is 0.0925. The summed E-state index contributed by atoms with van der Waals surface area (Å²) in [5, 5.41) is 0. The molecule has 1 saturated heterocycles. The minimum atomic E-state index is -0.481. The number of halogens is 1. The predicted octanol–water partition coefficient (Wildman–Crippen LogP) is 1.12. The number of nitrogens with zero attached hydrogens (tertiary/aromatic N) is 5. The summed E-state index contributed by atoms with van der Waals surface area (Å²) in [5.41, 5.74) is 0.433. The Morgan fingerprint density at radius 3 is 2.78 bits per heavy atom. The number of piperazine rings is 1. The fourth-order valence-electron chi connectivity index (χ4n) is 2.94. The van der Waals surface area contributed by atoms with Gasteiger partial charge in [-0.15, -0.1) is 0 Å². The van der Waals surface area contributed by atoms with Crippen molar-refractivity contribution in [3.63, 3.8) is 0 Å². The van der Waals surface area contributed by atoms with E-state index in [2.05, 4.69) is 33.7 Å². The molecule has 0 amide bonds. The predicted molar refractivity (Wildman–Crippen MR) is 87.0 cm³/mol. The molecule has 122 valence electrons. The number of likely N-dealkylation sites (N-methyl/N-ethyl adjacent to an activating group) is 1. The first kappa shape index (κ1) is 15.6. The van der Waals surface area contributed by atoms with E-state index in [4.69, 9.17) is 0 Å². The van der Waals surface area contributed by atoms with Crippen molar-refractivity contribution in [3.8, 4) is 11.3 Å². The minimum Gasteiger partial charge on any atom is -0.337 e. The van der Waals surface area contributed by atoms with E-state index in [1.54, 1.807) is 7.05 Å². The molecule has 1 atom stereocenters. The maximum absolute atomic E-state index is 14.0. The van der Waals surface area contributed by atoms with Gasteiger partial charge in [0.1, 0.15) is 0 Å². The zero-order valence-electron chi connectivity index (χ0n) is 13.5. The third kappa shape index (κ3) is 2.96. The summed E-state index contributed by atoms with van der Waals surface area (Å²) >= 11 is 0. The molecule has 0 saturated carbocycles. The molecule has 6 nitrogen and oxygen atoms in total. The first-order valence-electron chi connectivity index (χ1n) is 7.60. The summed E-state index contributed by atoms with van der Waals surface area (Å²) in [6.07, 6.45) is 2.63. The van der Waals surface area contributed by atoms with E-state index in [-0.39, 0.29) is 11.6 Å². The maximum Gasteiger partial charge on any atom is 0.255 e. The molecular formula is C16H20FN5O. The van der Waals surface area contributed by atoms with E-state index >= 15 is 0 Å². The van der Waals surface area contributed by atoms with Crippen LogP contribution >= 0.6 is 0 Å². The number of rotatable bonds is 2. The van der Waals surface area contributed by atoms with Crippen LogP contribution in [0.4, 0.5) is 10.3 Å². The molecule has 1 fully saturated rings. The lowest BCUT2D eigenvalue weighted by atomic mass is 10.2. The summed E-state index contributed by atoms with van der Waals surface area (Å²) < 4.78 is 15.5. The average molecular weight is 317 g/mol. The molecule has 0 radical (unpaired) electrons. The molecule has 3 heterocycles. The van der Waals surface area contributed by atoms with Crippen LogP contribution in [0.5, 0.6) is 0 Å². The smallest absolute Gasteiger partial charge is 0.255 e. The highest BCUT2D eigenvalue weighted by atomic mass is 19.1. The highest BCUT2D eigenvalue weighted by molar-refractivity contribution is 5.60. The van der Waals surface area contributed by atoms with E-state index < -0.39 is 5.82 Å². The van der Waals surface area contributed by atoms with Crippen molar-refractivity contribution < 1.29 is 4.39 Å². The molecule has 0 spiro atoms. The van der Waals surface area contributed by atoms with Crippen LogP contribution in [0.3, 0.4) is 0 Å². The van der Waals surface area contributed by atoms with Crippen molar-refractivity contribution in [1.82, 2.24) is 19.4 Å². The number of pyridine rings is 1. The molecule has 3 rings (SSSR count). The van der Waals surface area contributed by atoms with Crippen LogP contribution in [0.15, 0.2) is 29.3 Å². The molecule has 0 aliphatic carbocycles. The van der Waals surface area contributed by atoms with Gasteiger partial charge < -0.3 is 9.80 Å². The van der Waals surface area contributed by atoms with Crippen LogP contribution in [0.1, 0.15) is 6.92 Å². The minimum absolute atomic E-state index is 0.202. The lowest BCUT2D eigenvalue weighted by Crippen LogP contribution is -2.52. The average Bonchev–Trinajstić information content (AvgIpc) is 2.51. The lowest BCUT2D eigenvalue weighted by molar-refractivity contribution is 0.272. The Labute approximate surface area is 134 Å². The van der Waals surface area contributed by atoms with Crippen molar-refractivity contribution >= 4 is 5.95 Å². The van der Waals surface area contributed by atoms with Gasteiger partial charge in [0.15, 0.2) is 5.82 Å². The third-order valence-electron chi connectivity index (χ3n) is 4.25. The van der Waals surface area contributed by atoms with Gasteiger partial charge in [-0.2, -0.15) is 0 Å². The molecule has 7 heteroatoms. The molecule has 1 aliphatic rings. The van der Waals surface area contributed by atoms with Gasteiger partial charge >= 0.3 is 0 Å². The monoisotopic (exact) mass is 317 g/mol. The molecule has 2 aromatic rings. The molecule has 23 heavy (non-hydrogen) atoms. The number of aromatic nitrogens is 3. The summed E-state index contributed by atoms with van der Waals surface area (Å²) in [7, 11) is 3.77. The Balaban J connectivity index is 2.08. The van der Waals surface area contributed by atoms with Crippen LogP contribution in [-0.2, 0) is 7.05 Å². The molecule has 0 unspecified atom stereocenters. The van der Waals surface area contributed by atoms with Crippen molar-refractivity contribution in [2.75, 3.05) is 31.6 Å². The van der Waals surface area contributed by atoms with Gasteiger partial charge in [-0.3, -0.25) is 14.3 Å². The second-order valence-electron chi connectivity index (χ2n) is 6.00. The van der Waals surface area contributed by atoms with Gasteiger partial charge in [-0.1, -0.05) is 0 Å². The first-order chi connectivity index (χ1) is 11.0. The second kappa shape index (κ2) is 6.08. The Hall–Kier alpha value is -2.28. The van der Waals surface area contributed by atoms with Crippen LogP contribution in [-0.4, -0.2) is 52.2 Å². The summed E-state index contributed by atoms with van der Waals surface area (Å²) in [6.45, 7) is 4.67. The summed E-state index contributed by atoms with van der Waals surface area (Å²) in [6, 6.07) is 3.13. The largest absolute Gasteiger partial charge is 0.337 e. The fraction of sp³-hybridized carbons (Fsp3) is 0.438. The SMILES string of the molecule is C[C@@H]1CN(C)CCN1c1nc(-c2ccncc2F)cc(=O)n1C. The zero-order chi connectivity index (χ0) is 16.6. The van der Waals surface area contributed by atoms with Gasteiger partial charge in [0, 0.05) is 50.6 Å². The van der Waals surface area contributed by atoms with E-state index in [9.17, 15) is 9.18 Å². The molecule has 0 aromatic carbocycles. The molecule has 0 bridgehead atoms. The summed E-state index contributed by atoms with van der Waals surface area (Å²) in [4.78, 5) is 25.0. The van der Waals surface area contributed by atoms with Gasteiger partial charge in [0.2, 0.25) is 5.95 Å². The fourth-order valence-corrected chi connectivity index (χ4v) is 2.94. The molecule has 0 N–H and O–H groups in total. The van der Waals surface area contributed by atoms with Crippen LogP contribution in [0, 0.1) is 5.82 Å². The topological polar surface area (TPSA) is 54.3 Å². The van der Waals surface area contributed by atoms with Crippen molar-refractivity contribution in [1.29, 1.82) is 0 Å². The maximum atomic E-state index is 14.0. The Morgan fingerprint density at radius 2 is 2.09 bits per heavy atom. The van der Waals surface area contributed by atoms with Gasteiger partial charge in [-0.05, 0) is 20.0 Å². The normalized spacial score (nSPS) is 19.1. The lowest BCUT2D eigenvalue weighted by Gasteiger charge is -2.39. The van der Waals surface area contributed by atoms with Crippen molar-refractivity contribution in [3.05, 3.63) is 40.7 Å². The molecule has 2 aromatic heterocycles. The number of anilines is 1. The van der Waals surface area contributed by atoms with Crippen LogP contribution in [0.25, 0.3) is 11.3 Å². The zero-order valence-corrected chi connectivity index (χ0v) is 13.5. The molecular weight excluding hydrogens is 297 g/mol. The van der Waals surface area contributed by atoms with Gasteiger partial charge in [0.25, 0.3) is 5.56 Å². The first-order valence-corrected chi connectivity index (χ1v) is 7.60. The molecule has 1 aliphatic heterocycles. The third-order valence-corrected chi connectivity index (χ3v) is 4.25. The van der Waals surface area contributed by atoms with Gasteiger partial charge in [-0.25, -0.2) is 9.37 Å². The van der Waals surface area contributed by atoms with Crippen LogP contribution in [0.2, 0.25) is 0 Å². The second-order valence-corrected chi connectivity index (χ2v) is 6.00. The van der Waals surface area contributed by atoms with E-state index in [0.717, 1.165) is 25.8 Å².